The van der Waals surface area contributed by atoms with Crippen LogP contribution in [0.25, 0.3) is 0 Å². The molecule has 19 heavy (non-hydrogen) atoms. The topological polar surface area (TPSA) is 59.6 Å². The van der Waals surface area contributed by atoms with Gasteiger partial charge in [0.1, 0.15) is 6.17 Å². The van der Waals surface area contributed by atoms with Gasteiger partial charge in [0.15, 0.2) is 0 Å². The van der Waals surface area contributed by atoms with Gasteiger partial charge >= 0.3 is 0 Å². The van der Waals surface area contributed by atoms with Crippen molar-refractivity contribution in [2.45, 2.75) is 20.0 Å². The largest absolute Gasteiger partial charge is 0.378 e. The van der Waals surface area contributed by atoms with Crippen molar-refractivity contribution in [3.63, 3.8) is 0 Å². The van der Waals surface area contributed by atoms with E-state index in [4.69, 9.17) is 9.47 Å². The van der Waals surface area contributed by atoms with Crippen molar-refractivity contribution < 1.29 is 18.7 Å². The molecular formula is C12H25FN2O3S. The van der Waals surface area contributed by atoms with Crippen molar-refractivity contribution in [3.8, 4) is 0 Å². The lowest BCUT2D eigenvalue weighted by Gasteiger charge is -2.12. The third-order valence-electron chi connectivity index (χ3n) is 2.19. The molecule has 114 valence electrons. The smallest absolute Gasteiger partial charge is 0.222 e. The molecule has 0 rings (SSSR count). The lowest BCUT2D eigenvalue weighted by molar-refractivity contribution is -0.124. The second kappa shape index (κ2) is 12.7. The normalized spacial score (nSPS) is 12.7. The van der Waals surface area contributed by atoms with Gasteiger partial charge in [-0.25, -0.2) is 4.39 Å². The van der Waals surface area contributed by atoms with Crippen molar-refractivity contribution in [3.05, 3.63) is 0 Å². The molecule has 1 atom stereocenters. The molecule has 0 radical (unpaired) electrons. The number of ether oxygens (including phenoxy) is 2. The Labute approximate surface area is 119 Å². The van der Waals surface area contributed by atoms with Crippen LogP contribution in [0, 0.1) is 5.92 Å². The third kappa shape index (κ3) is 12.4. The van der Waals surface area contributed by atoms with Gasteiger partial charge in [-0.15, -0.1) is 0 Å². The van der Waals surface area contributed by atoms with Gasteiger partial charge in [-0.05, 0) is 6.26 Å². The highest BCUT2D eigenvalue weighted by Gasteiger charge is 2.11. The minimum Gasteiger partial charge on any atom is -0.378 e. The lowest BCUT2D eigenvalue weighted by Crippen LogP contribution is -2.35. The molecule has 0 aromatic rings. The number of hydrogen-bond acceptors (Lipinski definition) is 5. The van der Waals surface area contributed by atoms with Gasteiger partial charge in [-0.2, -0.15) is 0 Å². The SMILES string of the molecule is CSNCCOCCOCC(F)CNC(=O)C(C)C. The van der Waals surface area contributed by atoms with Crippen LogP contribution in [0.4, 0.5) is 4.39 Å². The first-order valence-electron chi connectivity index (χ1n) is 6.41. The number of halogens is 1. The van der Waals surface area contributed by atoms with Crippen LogP contribution in [-0.4, -0.2) is 57.9 Å². The summed E-state index contributed by atoms with van der Waals surface area (Å²) < 4.78 is 26.7. The second-order valence-corrected chi connectivity index (χ2v) is 4.98. The Morgan fingerprint density at radius 1 is 1.26 bits per heavy atom. The van der Waals surface area contributed by atoms with E-state index in [9.17, 15) is 9.18 Å². The monoisotopic (exact) mass is 296 g/mol. The average Bonchev–Trinajstić information content (AvgIpc) is 2.38. The van der Waals surface area contributed by atoms with Gasteiger partial charge in [0.05, 0.1) is 33.0 Å². The van der Waals surface area contributed by atoms with Crippen LogP contribution in [0.15, 0.2) is 0 Å². The van der Waals surface area contributed by atoms with E-state index in [0.717, 1.165) is 6.54 Å². The first-order valence-corrected chi connectivity index (χ1v) is 7.63. The summed E-state index contributed by atoms with van der Waals surface area (Å²) in [5.41, 5.74) is 0. The Morgan fingerprint density at radius 3 is 2.58 bits per heavy atom. The molecule has 0 heterocycles. The maximum absolute atomic E-state index is 13.3. The van der Waals surface area contributed by atoms with E-state index in [0.29, 0.717) is 19.8 Å². The predicted molar refractivity (Wildman–Crippen MR) is 75.9 cm³/mol. The molecular weight excluding hydrogens is 271 g/mol. The highest BCUT2D eigenvalue weighted by atomic mass is 32.2. The van der Waals surface area contributed by atoms with E-state index >= 15 is 0 Å². The summed E-state index contributed by atoms with van der Waals surface area (Å²) >= 11 is 1.54. The Kier molecular flexibility index (Phi) is 12.4. The van der Waals surface area contributed by atoms with Gasteiger partial charge in [0.25, 0.3) is 0 Å². The molecule has 2 N–H and O–H groups in total. The van der Waals surface area contributed by atoms with E-state index in [-0.39, 0.29) is 25.0 Å². The van der Waals surface area contributed by atoms with Crippen LogP contribution in [0.2, 0.25) is 0 Å². The predicted octanol–water partition coefficient (Wildman–Crippen LogP) is 0.997. The van der Waals surface area contributed by atoms with Crippen molar-refractivity contribution in [1.29, 1.82) is 0 Å². The average molecular weight is 296 g/mol. The molecule has 0 aromatic heterocycles. The first-order chi connectivity index (χ1) is 9.07. The maximum atomic E-state index is 13.3. The molecule has 0 aliphatic rings. The quantitative estimate of drug-likeness (QED) is 0.415. The Hall–Kier alpha value is -0.370. The van der Waals surface area contributed by atoms with Crippen molar-refractivity contribution in [2.75, 3.05) is 45.8 Å². The molecule has 5 nitrogen and oxygen atoms in total. The summed E-state index contributed by atoms with van der Waals surface area (Å²) in [6, 6.07) is 0. The molecule has 7 heteroatoms. The van der Waals surface area contributed by atoms with Crippen LogP contribution in [-0.2, 0) is 14.3 Å². The Balaban J connectivity index is 3.29. The molecule has 1 unspecified atom stereocenters. The molecule has 0 aliphatic carbocycles. The molecule has 0 spiro atoms. The van der Waals surface area contributed by atoms with Gasteiger partial charge in [0, 0.05) is 12.5 Å². The third-order valence-corrected chi connectivity index (χ3v) is 2.68. The number of nitrogens with one attached hydrogen (secondary N) is 2. The Morgan fingerprint density at radius 2 is 1.95 bits per heavy atom. The minimum absolute atomic E-state index is 0.00445. The van der Waals surface area contributed by atoms with Crippen LogP contribution >= 0.6 is 11.9 Å². The fraction of sp³-hybridized carbons (Fsp3) is 0.917. The lowest BCUT2D eigenvalue weighted by atomic mass is 10.2. The van der Waals surface area contributed by atoms with Gasteiger partial charge < -0.3 is 14.8 Å². The molecule has 0 aliphatic heterocycles. The molecule has 1 amide bonds. The van der Waals surface area contributed by atoms with E-state index in [2.05, 4.69) is 10.0 Å². The molecule has 0 saturated carbocycles. The molecule has 0 fully saturated rings. The van der Waals surface area contributed by atoms with Crippen LogP contribution < -0.4 is 10.0 Å². The highest BCUT2D eigenvalue weighted by Crippen LogP contribution is 1.94. The number of rotatable bonds is 12. The molecule has 0 bridgehead atoms. The van der Waals surface area contributed by atoms with Crippen LogP contribution in [0.5, 0.6) is 0 Å². The highest BCUT2D eigenvalue weighted by molar-refractivity contribution is 7.96. The summed E-state index contributed by atoms with van der Waals surface area (Å²) in [5.74, 6) is -0.274. The number of carbonyl (C=O) groups is 1. The van der Waals surface area contributed by atoms with Gasteiger partial charge in [-0.1, -0.05) is 25.8 Å². The fourth-order valence-electron chi connectivity index (χ4n) is 1.12. The maximum Gasteiger partial charge on any atom is 0.222 e. The first kappa shape index (κ1) is 18.6. The summed E-state index contributed by atoms with van der Waals surface area (Å²) in [4.78, 5) is 11.2. The van der Waals surface area contributed by atoms with Gasteiger partial charge in [0.2, 0.25) is 5.91 Å². The number of amides is 1. The zero-order valence-corrected chi connectivity index (χ0v) is 12.7. The fourth-order valence-corrected chi connectivity index (χ4v) is 1.41. The molecule has 0 aromatic carbocycles. The van der Waals surface area contributed by atoms with E-state index in [1.165, 1.54) is 11.9 Å². The van der Waals surface area contributed by atoms with E-state index in [1.807, 2.05) is 6.26 Å². The zero-order valence-electron chi connectivity index (χ0n) is 11.9. The number of hydrogen-bond donors (Lipinski definition) is 2. The number of carbonyl (C=O) groups excluding carboxylic acids is 1. The van der Waals surface area contributed by atoms with Crippen LogP contribution in [0.1, 0.15) is 13.8 Å². The van der Waals surface area contributed by atoms with Crippen LogP contribution in [0.3, 0.4) is 0 Å². The van der Waals surface area contributed by atoms with E-state index in [1.54, 1.807) is 13.8 Å². The van der Waals surface area contributed by atoms with Gasteiger partial charge in [-0.3, -0.25) is 9.52 Å². The Bertz CT molecular complexity index is 233. The van der Waals surface area contributed by atoms with E-state index < -0.39 is 6.17 Å². The standard InChI is InChI=1S/C12H25FN2O3S/c1-10(2)12(16)14-8-11(13)9-18-7-6-17-5-4-15-19-3/h10-11,15H,4-9H2,1-3H3,(H,14,16). The molecule has 0 saturated heterocycles. The number of alkyl halides is 1. The van der Waals surface area contributed by atoms with Crippen molar-refractivity contribution in [1.82, 2.24) is 10.0 Å². The zero-order chi connectivity index (χ0) is 14.5. The summed E-state index contributed by atoms with van der Waals surface area (Å²) in [5, 5.41) is 2.52. The summed E-state index contributed by atoms with van der Waals surface area (Å²) in [6.07, 6.45) is 0.767. The van der Waals surface area contributed by atoms with Crippen molar-refractivity contribution >= 4 is 17.9 Å². The summed E-state index contributed by atoms with van der Waals surface area (Å²) in [7, 11) is 0. The van der Waals surface area contributed by atoms with Crippen molar-refractivity contribution in [2.24, 2.45) is 5.92 Å². The second-order valence-electron chi connectivity index (χ2n) is 4.28. The minimum atomic E-state index is -1.18. The summed E-state index contributed by atoms with van der Waals surface area (Å²) in [6.45, 7) is 5.69.